The number of hydrogen-bond donors (Lipinski definition) is 2. The van der Waals surface area contributed by atoms with Crippen molar-refractivity contribution in [3.05, 3.63) is 78.9 Å². The summed E-state index contributed by atoms with van der Waals surface area (Å²) in [5.41, 5.74) is 1.83. The minimum absolute atomic E-state index is 0. The fourth-order valence-corrected chi connectivity index (χ4v) is 4.46. The molecular weight excluding hydrogens is 462 g/mol. The van der Waals surface area contributed by atoms with E-state index in [2.05, 4.69) is 4.90 Å². The Labute approximate surface area is 212 Å². The Morgan fingerprint density at radius 3 is 2.14 bits per heavy atom. The average molecular weight is 492 g/mol. The largest absolute Gasteiger partial charge is 0.508 e. The lowest BCUT2D eigenvalue weighted by Gasteiger charge is -2.26. The first kappa shape index (κ1) is 24.7. The number of piperidine rings is 1. The summed E-state index contributed by atoms with van der Waals surface area (Å²) >= 11 is 0. The summed E-state index contributed by atoms with van der Waals surface area (Å²) in [6, 6.07) is 23.9. The molecule has 1 fully saturated rings. The van der Waals surface area contributed by atoms with Crippen LogP contribution in [-0.2, 0) is 0 Å². The SMILES string of the molecule is Cl.Oc1ccc(-c2ccc3cc(O)ccc3c2Oc2ccc(OCCN3CCCCC3)cc2)cc1. The van der Waals surface area contributed by atoms with Crippen LogP contribution in [-0.4, -0.2) is 41.4 Å². The van der Waals surface area contributed by atoms with Crippen LogP contribution in [0.3, 0.4) is 0 Å². The number of likely N-dealkylation sites (tertiary alicyclic amines) is 1. The van der Waals surface area contributed by atoms with Crippen LogP contribution < -0.4 is 9.47 Å². The molecule has 4 aromatic rings. The molecule has 1 saturated heterocycles. The maximum atomic E-state index is 9.93. The van der Waals surface area contributed by atoms with Crippen LogP contribution in [0.4, 0.5) is 0 Å². The molecule has 182 valence electrons. The Kier molecular flexibility index (Phi) is 8.01. The second-order valence-electron chi connectivity index (χ2n) is 8.72. The summed E-state index contributed by atoms with van der Waals surface area (Å²) in [7, 11) is 0. The summed E-state index contributed by atoms with van der Waals surface area (Å²) in [6.07, 6.45) is 3.91. The van der Waals surface area contributed by atoms with Gasteiger partial charge in [-0.15, -0.1) is 12.4 Å². The van der Waals surface area contributed by atoms with Gasteiger partial charge in [0.05, 0.1) is 0 Å². The smallest absolute Gasteiger partial charge is 0.143 e. The zero-order chi connectivity index (χ0) is 23.3. The van der Waals surface area contributed by atoms with E-state index in [-0.39, 0.29) is 23.9 Å². The minimum Gasteiger partial charge on any atom is -0.508 e. The average Bonchev–Trinajstić information content (AvgIpc) is 2.86. The molecule has 0 bridgehead atoms. The van der Waals surface area contributed by atoms with Gasteiger partial charge in [0.25, 0.3) is 0 Å². The van der Waals surface area contributed by atoms with Crippen molar-refractivity contribution in [1.82, 2.24) is 4.90 Å². The lowest BCUT2D eigenvalue weighted by molar-refractivity contribution is 0.183. The molecule has 1 aliphatic heterocycles. The van der Waals surface area contributed by atoms with Gasteiger partial charge >= 0.3 is 0 Å². The number of aromatic hydroxyl groups is 2. The van der Waals surface area contributed by atoms with Crippen molar-refractivity contribution in [1.29, 1.82) is 0 Å². The summed E-state index contributed by atoms with van der Waals surface area (Å²) in [4.78, 5) is 2.46. The molecule has 0 aliphatic carbocycles. The van der Waals surface area contributed by atoms with E-state index in [0.29, 0.717) is 18.1 Å². The number of ether oxygens (including phenoxy) is 2. The summed E-state index contributed by atoms with van der Waals surface area (Å²) in [6.45, 7) is 3.97. The van der Waals surface area contributed by atoms with Crippen molar-refractivity contribution < 1.29 is 19.7 Å². The summed E-state index contributed by atoms with van der Waals surface area (Å²) < 4.78 is 12.3. The van der Waals surface area contributed by atoms with Crippen LogP contribution in [0.5, 0.6) is 28.7 Å². The van der Waals surface area contributed by atoms with E-state index in [1.54, 1.807) is 24.3 Å². The molecule has 0 atom stereocenters. The number of halogens is 1. The number of rotatable bonds is 7. The molecular formula is C29H30ClNO4. The number of fused-ring (bicyclic) bond motifs is 1. The third-order valence-electron chi connectivity index (χ3n) is 6.30. The van der Waals surface area contributed by atoms with Gasteiger partial charge in [0.15, 0.2) is 0 Å². The third kappa shape index (κ3) is 5.99. The number of phenolic OH excluding ortho intramolecular Hbond substituents is 2. The van der Waals surface area contributed by atoms with Gasteiger partial charge in [0.1, 0.15) is 35.4 Å². The van der Waals surface area contributed by atoms with Crippen molar-refractivity contribution in [2.45, 2.75) is 19.3 Å². The Balaban J connectivity index is 0.00000289. The molecule has 0 aromatic heterocycles. The number of hydrogen-bond acceptors (Lipinski definition) is 5. The van der Waals surface area contributed by atoms with Gasteiger partial charge in [-0.2, -0.15) is 0 Å². The van der Waals surface area contributed by atoms with Crippen LogP contribution in [0.15, 0.2) is 78.9 Å². The summed E-state index contributed by atoms with van der Waals surface area (Å²) in [5.74, 6) is 2.64. The Morgan fingerprint density at radius 2 is 1.40 bits per heavy atom. The van der Waals surface area contributed by atoms with Gasteiger partial charge in [-0.3, -0.25) is 4.90 Å². The maximum absolute atomic E-state index is 9.93. The fourth-order valence-electron chi connectivity index (χ4n) is 4.46. The van der Waals surface area contributed by atoms with Crippen molar-refractivity contribution in [2.24, 2.45) is 0 Å². The first-order valence-corrected chi connectivity index (χ1v) is 11.8. The molecule has 1 heterocycles. The fraction of sp³-hybridized carbons (Fsp3) is 0.241. The second kappa shape index (κ2) is 11.3. The molecule has 0 spiro atoms. The highest BCUT2D eigenvalue weighted by molar-refractivity contribution is 5.96. The number of phenols is 2. The van der Waals surface area contributed by atoms with Crippen LogP contribution in [0.1, 0.15) is 19.3 Å². The molecule has 5 nitrogen and oxygen atoms in total. The normalized spacial score (nSPS) is 13.8. The molecule has 1 aliphatic rings. The Bertz CT molecular complexity index is 1250. The quantitative estimate of drug-likeness (QED) is 0.291. The predicted octanol–water partition coefficient (Wildman–Crippen LogP) is 7.00. The lowest BCUT2D eigenvalue weighted by Crippen LogP contribution is -2.33. The molecule has 5 rings (SSSR count). The van der Waals surface area contributed by atoms with Gasteiger partial charge in [-0.1, -0.05) is 24.6 Å². The number of nitrogens with zero attached hydrogens (tertiary/aromatic N) is 1. The molecule has 6 heteroatoms. The van der Waals surface area contributed by atoms with Gasteiger partial charge in [0, 0.05) is 17.5 Å². The van der Waals surface area contributed by atoms with Gasteiger partial charge in [-0.05, 0) is 97.5 Å². The summed E-state index contributed by atoms with van der Waals surface area (Å²) in [5, 5.41) is 21.4. The van der Waals surface area contributed by atoms with E-state index in [4.69, 9.17) is 9.47 Å². The Morgan fingerprint density at radius 1 is 0.714 bits per heavy atom. The van der Waals surface area contributed by atoms with E-state index < -0.39 is 0 Å². The highest BCUT2D eigenvalue weighted by Crippen LogP contribution is 2.41. The molecule has 0 unspecified atom stereocenters. The topological polar surface area (TPSA) is 62.2 Å². The third-order valence-corrected chi connectivity index (χ3v) is 6.30. The van der Waals surface area contributed by atoms with Crippen molar-refractivity contribution in [3.63, 3.8) is 0 Å². The van der Waals surface area contributed by atoms with Crippen LogP contribution in [0, 0.1) is 0 Å². The molecule has 0 amide bonds. The van der Waals surface area contributed by atoms with E-state index in [0.717, 1.165) is 34.2 Å². The monoisotopic (exact) mass is 491 g/mol. The lowest BCUT2D eigenvalue weighted by atomic mass is 9.99. The molecule has 0 radical (unpaired) electrons. The predicted molar refractivity (Wildman–Crippen MR) is 142 cm³/mol. The zero-order valence-corrected chi connectivity index (χ0v) is 20.3. The zero-order valence-electron chi connectivity index (χ0n) is 19.5. The second-order valence-corrected chi connectivity index (χ2v) is 8.72. The van der Waals surface area contributed by atoms with Gasteiger partial charge in [0.2, 0.25) is 0 Å². The van der Waals surface area contributed by atoms with Crippen LogP contribution in [0.25, 0.3) is 21.9 Å². The van der Waals surface area contributed by atoms with Crippen molar-refractivity contribution in [2.75, 3.05) is 26.2 Å². The van der Waals surface area contributed by atoms with Crippen LogP contribution >= 0.6 is 12.4 Å². The standard InChI is InChI=1S/C29H29NO4.ClH/c31-23-7-4-21(5-8-23)27-14-6-22-20-24(32)9-15-28(22)29(27)34-26-12-10-25(11-13-26)33-19-18-30-16-2-1-3-17-30;/h4-15,20,31-32H,1-3,16-19H2;1H. The van der Waals surface area contributed by atoms with E-state index >= 15 is 0 Å². The van der Waals surface area contributed by atoms with Gasteiger partial charge < -0.3 is 19.7 Å². The molecule has 4 aromatic carbocycles. The Hall–Kier alpha value is -3.41. The van der Waals surface area contributed by atoms with E-state index in [1.807, 2.05) is 54.6 Å². The minimum atomic E-state index is 0. The van der Waals surface area contributed by atoms with Crippen molar-refractivity contribution in [3.8, 4) is 39.9 Å². The highest BCUT2D eigenvalue weighted by Gasteiger charge is 2.14. The molecule has 0 saturated carbocycles. The number of benzene rings is 4. The van der Waals surface area contributed by atoms with E-state index in [1.165, 1.54) is 32.4 Å². The first-order chi connectivity index (χ1) is 16.7. The molecule has 2 N–H and O–H groups in total. The van der Waals surface area contributed by atoms with E-state index in [9.17, 15) is 10.2 Å². The van der Waals surface area contributed by atoms with Crippen LogP contribution in [0.2, 0.25) is 0 Å². The van der Waals surface area contributed by atoms with Gasteiger partial charge in [-0.25, -0.2) is 0 Å². The highest BCUT2D eigenvalue weighted by atomic mass is 35.5. The van der Waals surface area contributed by atoms with Crippen molar-refractivity contribution >= 4 is 23.2 Å². The first-order valence-electron chi connectivity index (χ1n) is 11.8. The maximum Gasteiger partial charge on any atom is 0.143 e. The molecule has 35 heavy (non-hydrogen) atoms.